The highest BCUT2D eigenvalue weighted by Crippen LogP contribution is 2.25. The summed E-state index contributed by atoms with van der Waals surface area (Å²) in [7, 11) is 0. The van der Waals surface area contributed by atoms with Crippen molar-refractivity contribution in [3.63, 3.8) is 0 Å². The molecule has 0 fully saturated rings. The van der Waals surface area contributed by atoms with Gasteiger partial charge in [-0.25, -0.2) is 18.9 Å². The summed E-state index contributed by atoms with van der Waals surface area (Å²) < 4.78 is 22.0. The lowest BCUT2D eigenvalue weighted by Crippen LogP contribution is -2.46. The van der Waals surface area contributed by atoms with Crippen molar-refractivity contribution in [2.45, 2.75) is 71.6 Å². The van der Waals surface area contributed by atoms with Crippen molar-refractivity contribution in [3.8, 4) is 11.8 Å². The van der Waals surface area contributed by atoms with E-state index in [2.05, 4.69) is 37.9 Å². The summed E-state index contributed by atoms with van der Waals surface area (Å²) in [5.74, 6) is -0.527. The molecule has 1 amide bonds. The van der Waals surface area contributed by atoms with Gasteiger partial charge in [0.2, 0.25) is 0 Å². The van der Waals surface area contributed by atoms with Crippen LogP contribution in [0.25, 0.3) is 5.69 Å². The normalized spacial score (nSPS) is 12.8. The van der Waals surface area contributed by atoms with Crippen LogP contribution in [0.15, 0.2) is 43.0 Å². The fourth-order valence-corrected chi connectivity index (χ4v) is 3.59. The number of alkyl carbamates (subject to hydrolysis) is 1. The van der Waals surface area contributed by atoms with Crippen LogP contribution in [0.2, 0.25) is 0 Å². The van der Waals surface area contributed by atoms with E-state index < -0.39 is 17.5 Å². The zero-order valence-corrected chi connectivity index (χ0v) is 21.7. The minimum absolute atomic E-state index is 0.0309. The molecular weight excluding hydrogens is 475 g/mol. The van der Waals surface area contributed by atoms with Crippen LogP contribution in [-0.4, -0.2) is 43.5 Å². The van der Waals surface area contributed by atoms with Crippen molar-refractivity contribution in [2.75, 3.05) is 10.6 Å². The number of anilines is 3. The molecule has 0 unspecified atom stereocenters. The second kappa shape index (κ2) is 12.2. The van der Waals surface area contributed by atoms with Gasteiger partial charge < -0.3 is 20.7 Å². The second-order valence-electron chi connectivity index (χ2n) is 9.66. The summed E-state index contributed by atoms with van der Waals surface area (Å²) in [4.78, 5) is 20.9. The SMILES string of the molecule is CCCC[C@@H](Nc1nc(Nc2cncc(-n3cccn3)c2)c(C#N)cc1F)[C@H](C)NC(=O)OC(C)(C)C. The third-order valence-electron chi connectivity index (χ3n) is 5.39. The van der Waals surface area contributed by atoms with Crippen molar-refractivity contribution in [1.82, 2.24) is 25.1 Å². The topological polar surface area (TPSA) is 130 Å². The van der Waals surface area contributed by atoms with Gasteiger partial charge >= 0.3 is 6.09 Å². The van der Waals surface area contributed by atoms with E-state index in [1.807, 2.05) is 13.0 Å². The number of halogens is 1. The first-order valence-corrected chi connectivity index (χ1v) is 12.2. The Hall–Kier alpha value is -4.20. The van der Waals surface area contributed by atoms with E-state index in [9.17, 15) is 14.4 Å². The fourth-order valence-electron chi connectivity index (χ4n) is 3.59. The van der Waals surface area contributed by atoms with Gasteiger partial charge in [0.1, 0.15) is 11.7 Å². The molecule has 3 N–H and O–H groups in total. The first kappa shape index (κ1) is 27.4. The first-order valence-electron chi connectivity index (χ1n) is 12.2. The third kappa shape index (κ3) is 7.90. The summed E-state index contributed by atoms with van der Waals surface area (Å²) in [6.45, 7) is 9.24. The van der Waals surface area contributed by atoms with Crippen molar-refractivity contribution >= 4 is 23.4 Å². The molecule has 3 aromatic rings. The summed E-state index contributed by atoms with van der Waals surface area (Å²) in [6.07, 6.45) is 8.54. The molecule has 0 radical (unpaired) electrons. The fraction of sp³-hybridized carbons (Fsp3) is 0.423. The van der Waals surface area contributed by atoms with E-state index in [0.717, 1.165) is 18.9 Å². The number of nitrogens with zero attached hydrogens (tertiary/aromatic N) is 5. The summed E-state index contributed by atoms with van der Waals surface area (Å²) in [6, 6.07) is 5.97. The molecule has 2 atom stereocenters. The predicted molar refractivity (Wildman–Crippen MR) is 139 cm³/mol. The standard InChI is InChI=1S/C26H33FN8O2/c1-6-7-9-22(17(2)31-25(36)37-26(3,4)5)33-24-21(27)12-18(14-28)23(34-24)32-19-13-20(16-29-15-19)35-11-8-10-30-35/h8,10-13,15-17,22H,6-7,9H2,1-5H3,(H,31,36)(H2,32,33,34)/t17-,22+/m0/s1. The quantitative estimate of drug-likeness (QED) is 0.336. The number of carbonyl (C=O) groups excluding carboxylic acids is 1. The van der Waals surface area contributed by atoms with Gasteiger partial charge in [0.05, 0.1) is 29.3 Å². The molecule has 0 saturated heterocycles. The number of ether oxygens (including phenoxy) is 1. The van der Waals surface area contributed by atoms with Crippen LogP contribution < -0.4 is 16.0 Å². The maximum atomic E-state index is 15.0. The van der Waals surface area contributed by atoms with Gasteiger partial charge in [-0.3, -0.25) is 4.98 Å². The molecule has 0 aliphatic rings. The number of rotatable bonds is 10. The Balaban J connectivity index is 1.84. The zero-order chi connectivity index (χ0) is 27.0. The molecule has 196 valence electrons. The second-order valence-corrected chi connectivity index (χ2v) is 9.66. The van der Waals surface area contributed by atoms with E-state index in [4.69, 9.17) is 4.74 Å². The molecule has 3 heterocycles. The van der Waals surface area contributed by atoms with Crippen LogP contribution in [0.5, 0.6) is 0 Å². The molecule has 3 rings (SSSR count). The molecule has 10 nitrogen and oxygen atoms in total. The number of hydrogen-bond acceptors (Lipinski definition) is 8. The minimum Gasteiger partial charge on any atom is -0.444 e. The molecular formula is C26H33FN8O2. The average molecular weight is 509 g/mol. The monoisotopic (exact) mass is 508 g/mol. The maximum Gasteiger partial charge on any atom is 0.407 e. The minimum atomic E-state index is -0.670. The Kier molecular flexibility index (Phi) is 9.00. The molecule has 11 heteroatoms. The first-order chi connectivity index (χ1) is 17.6. The molecule has 0 aromatic carbocycles. The van der Waals surface area contributed by atoms with E-state index in [0.29, 0.717) is 17.8 Å². The van der Waals surface area contributed by atoms with Crippen molar-refractivity contribution in [3.05, 3.63) is 54.4 Å². The lowest BCUT2D eigenvalue weighted by molar-refractivity contribution is 0.0502. The number of nitrogens with one attached hydrogen (secondary N) is 3. The highest BCUT2D eigenvalue weighted by molar-refractivity contribution is 5.68. The van der Waals surface area contributed by atoms with Gasteiger partial charge in [-0.2, -0.15) is 10.4 Å². The number of unbranched alkanes of at least 4 members (excludes halogenated alkanes) is 1. The van der Waals surface area contributed by atoms with Crippen molar-refractivity contribution in [1.29, 1.82) is 5.26 Å². The molecule has 0 saturated carbocycles. The van der Waals surface area contributed by atoms with Crippen molar-refractivity contribution in [2.24, 2.45) is 0 Å². The Morgan fingerprint density at radius 1 is 1.27 bits per heavy atom. The van der Waals surface area contributed by atoms with Crippen LogP contribution in [-0.2, 0) is 4.74 Å². The van der Waals surface area contributed by atoms with Crippen LogP contribution in [0.3, 0.4) is 0 Å². The molecule has 37 heavy (non-hydrogen) atoms. The van der Waals surface area contributed by atoms with Gasteiger partial charge in [0.25, 0.3) is 0 Å². The van der Waals surface area contributed by atoms with Crippen LogP contribution in [0.1, 0.15) is 59.4 Å². The lowest BCUT2D eigenvalue weighted by atomic mass is 10.0. The highest BCUT2D eigenvalue weighted by Gasteiger charge is 2.24. The smallest absolute Gasteiger partial charge is 0.407 e. The van der Waals surface area contributed by atoms with Gasteiger partial charge in [0.15, 0.2) is 17.5 Å². The van der Waals surface area contributed by atoms with Gasteiger partial charge in [0, 0.05) is 24.5 Å². The van der Waals surface area contributed by atoms with E-state index in [1.165, 1.54) is 0 Å². The van der Waals surface area contributed by atoms with E-state index >= 15 is 0 Å². The molecule has 0 spiro atoms. The van der Waals surface area contributed by atoms with Crippen molar-refractivity contribution < 1.29 is 13.9 Å². The maximum absolute atomic E-state index is 15.0. The number of nitriles is 1. The van der Waals surface area contributed by atoms with E-state index in [1.54, 1.807) is 62.4 Å². The Morgan fingerprint density at radius 2 is 2.05 bits per heavy atom. The molecule has 0 bridgehead atoms. The zero-order valence-electron chi connectivity index (χ0n) is 21.7. The Labute approximate surface area is 216 Å². The van der Waals surface area contributed by atoms with Crippen LogP contribution >= 0.6 is 0 Å². The molecule has 3 aromatic heterocycles. The summed E-state index contributed by atoms with van der Waals surface area (Å²) >= 11 is 0. The predicted octanol–water partition coefficient (Wildman–Crippen LogP) is 5.30. The third-order valence-corrected chi connectivity index (χ3v) is 5.39. The average Bonchev–Trinajstić information content (AvgIpc) is 3.37. The summed E-state index contributed by atoms with van der Waals surface area (Å²) in [5, 5.41) is 22.8. The van der Waals surface area contributed by atoms with Crippen LogP contribution in [0.4, 0.5) is 26.5 Å². The van der Waals surface area contributed by atoms with Gasteiger partial charge in [-0.1, -0.05) is 19.8 Å². The number of aromatic nitrogens is 4. The largest absolute Gasteiger partial charge is 0.444 e. The number of amides is 1. The van der Waals surface area contributed by atoms with Crippen LogP contribution in [0, 0.1) is 17.1 Å². The van der Waals surface area contributed by atoms with Gasteiger partial charge in [-0.05, 0) is 52.3 Å². The Bertz CT molecular complexity index is 1230. The van der Waals surface area contributed by atoms with Gasteiger partial charge in [-0.15, -0.1) is 0 Å². The molecule has 0 aliphatic heterocycles. The number of carbonyl (C=O) groups is 1. The molecule has 0 aliphatic carbocycles. The summed E-state index contributed by atoms with van der Waals surface area (Å²) in [5.41, 5.74) is 0.659. The number of hydrogen-bond donors (Lipinski definition) is 3. The highest BCUT2D eigenvalue weighted by atomic mass is 19.1. The Morgan fingerprint density at radius 3 is 2.70 bits per heavy atom. The number of pyridine rings is 2. The van der Waals surface area contributed by atoms with E-state index in [-0.39, 0.29) is 29.3 Å². The lowest BCUT2D eigenvalue weighted by Gasteiger charge is -2.28.